The lowest BCUT2D eigenvalue weighted by Crippen LogP contribution is -2.27. The Bertz CT molecular complexity index is 1010. The summed E-state index contributed by atoms with van der Waals surface area (Å²) in [6.07, 6.45) is 1.77. The van der Waals surface area contributed by atoms with E-state index in [0.717, 1.165) is 5.75 Å². The molecule has 31 heavy (non-hydrogen) atoms. The van der Waals surface area contributed by atoms with Gasteiger partial charge in [0.1, 0.15) is 23.0 Å². The summed E-state index contributed by atoms with van der Waals surface area (Å²) in [4.78, 5) is 26.5. The van der Waals surface area contributed by atoms with Gasteiger partial charge in [0.15, 0.2) is 0 Å². The Morgan fingerprint density at radius 3 is 2.39 bits per heavy atom. The molecule has 1 atom stereocenters. The molecular weight excluding hydrogens is 396 g/mol. The van der Waals surface area contributed by atoms with Crippen LogP contribution in [0.1, 0.15) is 19.1 Å². The standard InChI is InChI=1S/C24H24N2O5/c1-2-29-19-9-11-21(12-10-19)31-20-7-5-18(6-8-20)25-24(28)17-14-23(27)26(15-17)16-22-4-3-13-30-22/h3-13,17H,2,14-16H2,1H3,(H,25,28). The Hall–Kier alpha value is -3.74. The Balaban J connectivity index is 1.30. The number of ether oxygens (including phenoxy) is 2. The zero-order valence-electron chi connectivity index (χ0n) is 17.2. The van der Waals surface area contributed by atoms with Crippen LogP contribution in [0.3, 0.4) is 0 Å². The number of likely N-dealkylation sites (tertiary alicyclic amines) is 1. The molecule has 2 aromatic carbocycles. The van der Waals surface area contributed by atoms with Crippen LogP contribution >= 0.6 is 0 Å². The molecule has 0 spiro atoms. The van der Waals surface area contributed by atoms with Crippen molar-refractivity contribution in [1.82, 2.24) is 4.90 Å². The number of anilines is 1. The summed E-state index contributed by atoms with van der Waals surface area (Å²) in [6.45, 7) is 3.31. The molecule has 1 N–H and O–H groups in total. The molecule has 7 heteroatoms. The summed E-state index contributed by atoms with van der Waals surface area (Å²) in [5, 5.41) is 2.88. The third-order valence-corrected chi connectivity index (χ3v) is 5.00. The van der Waals surface area contributed by atoms with Crippen molar-refractivity contribution < 1.29 is 23.5 Å². The lowest BCUT2D eigenvalue weighted by atomic mass is 10.1. The van der Waals surface area contributed by atoms with Crippen molar-refractivity contribution >= 4 is 17.5 Å². The number of nitrogens with zero attached hydrogens (tertiary/aromatic N) is 1. The van der Waals surface area contributed by atoms with Crippen LogP contribution < -0.4 is 14.8 Å². The molecular formula is C24H24N2O5. The highest BCUT2D eigenvalue weighted by Crippen LogP contribution is 2.26. The van der Waals surface area contributed by atoms with Gasteiger partial charge < -0.3 is 24.1 Å². The second-order valence-electron chi connectivity index (χ2n) is 7.27. The Morgan fingerprint density at radius 1 is 1.06 bits per heavy atom. The maximum absolute atomic E-state index is 12.6. The fraction of sp³-hybridized carbons (Fsp3) is 0.250. The van der Waals surface area contributed by atoms with Gasteiger partial charge in [0.2, 0.25) is 11.8 Å². The van der Waals surface area contributed by atoms with Crippen LogP contribution in [0.4, 0.5) is 5.69 Å². The minimum Gasteiger partial charge on any atom is -0.494 e. The van der Waals surface area contributed by atoms with E-state index in [1.807, 2.05) is 37.3 Å². The maximum atomic E-state index is 12.6. The van der Waals surface area contributed by atoms with E-state index in [4.69, 9.17) is 13.9 Å². The van der Waals surface area contributed by atoms with Crippen molar-refractivity contribution in [1.29, 1.82) is 0 Å². The Morgan fingerprint density at radius 2 is 1.74 bits per heavy atom. The van der Waals surface area contributed by atoms with Crippen LogP contribution in [0.25, 0.3) is 0 Å². The molecule has 7 nitrogen and oxygen atoms in total. The largest absolute Gasteiger partial charge is 0.494 e. The first kappa shape index (κ1) is 20.5. The van der Waals surface area contributed by atoms with Crippen molar-refractivity contribution in [3.8, 4) is 17.2 Å². The van der Waals surface area contributed by atoms with E-state index in [9.17, 15) is 9.59 Å². The fourth-order valence-corrected chi connectivity index (χ4v) is 3.45. The summed E-state index contributed by atoms with van der Waals surface area (Å²) >= 11 is 0. The lowest BCUT2D eigenvalue weighted by molar-refractivity contribution is -0.128. The van der Waals surface area contributed by atoms with E-state index in [-0.39, 0.29) is 24.2 Å². The van der Waals surface area contributed by atoms with Crippen molar-refractivity contribution in [3.05, 3.63) is 72.7 Å². The van der Waals surface area contributed by atoms with Crippen LogP contribution in [-0.2, 0) is 16.1 Å². The Kier molecular flexibility index (Phi) is 6.21. The number of benzene rings is 2. The van der Waals surface area contributed by atoms with Gasteiger partial charge in [-0.1, -0.05) is 0 Å². The summed E-state index contributed by atoms with van der Waals surface area (Å²) in [5.74, 6) is 2.25. The molecule has 1 saturated heterocycles. The molecule has 4 rings (SSSR count). The van der Waals surface area contributed by atoms with Crippen LogP contribution in [-0.4, -0.2) is 29.9 Å². The predicted molar refractivity (Wildman–Crippen MR) is 115 cm³/mol. The van der Waals surface area contributed by atoms with Gasteiger partial charge >= 0.3 is 0 Å². The van der Waals surface area contributed by atoms with Gasteiger partial charge in [-0.3, -0.25) is 9.59 Å². The quantitative estimate of drug-likeness (QED) is 0.582. The molecule has 160 valence electrons. The number of carbonyl (C=O) groups is 2. The highest BCUT2D eigenvalue weighted by atomic mass is 16.5. The summed E-state index contributed by atoms with van der Waals surface area (Å²) in [5.41, 5.74) is 0.654. The number of carbonyl (C=O) groups excluding carboxylic acids is 2. The minimum absolute atomic E-state index is 0.0457. The van der Waals surface area contributed by atoms with Gasteiger partial charge in [-0.2, -0.15) is 0 Å². The first-order chi connectivity index (χ1) is 15.1. The normalized spacial score (nSPS) is 15.7. The number of hydrogen-bond acceptors (Lipinski definition) is 5. The van der Waals surface area contributed by atoms with Crippen LogP contribution in [0, 0.1) is 5.92 Å². The molecule has 0 radical (unpaired) electrons. The second-order valence-corrected chi connectivity index (χ2v) is 7.27. The molecule has 1 aliphatic heterocycles. The van der Waals surface area contributed by atoms with E-state index in [1.165, 1.54) is 0 Å². The first-order valence-electron chi connectivity index (χ1n) is 10.2. The van der Waals surface area contributed by atoms with E-state index in [2.05, 4.69) is 5.32 Å². The van der Waals surface area contributed by atoms with E-state index >= 15 is 0 Å². The van der Waals surface area contributed by atoms with Gasteiger partial charge in [-0.25, -0.2) is 0 Å². The molecule has 0 bridgehead atoms. The molecule has 1 aromatic heterocycles. The van der Waals surface area contributed by atoms with Crippen LogP contribution in [0.2, 0.25) is 0 Å². The molecule has 1 aliphatic rings. The van der Waals surface area contributed by atoms with Gasteiger partial charge in [0.25, 0.3) is 0 Å². The van der Waals surface area contributed by atoms with Gasteiger partial charge in [0, 0.05) is 18.7 Å². The zero-order valence-corrected chi connectivity index (χ0v) is 17.2. The predicted octanol–water partition coefficient (Wildman–Crippen LogP) is 4.46. The smallest absolute Gasteiger partial charge is 0.229 e. The maximum Gasteiger partial charge on any atom is 0.229 e. The third-order valence-electron chi connectivity index (χ3n) is 5.00. The molecule has 3 aromatic rings. The molecule has 2 heterocycles. The lowest BCUT2D eigenvalue weighted by Gasteiger charge is -2.15. The van der Waals surface area contributed by atoms with Gasteiger partial charge in [-0.15, -0.1) is 0 Å². The van der Waals surface area contributed by atoms with Crippen molar-refractivity contribution in [2.75, 3.05) is 18.5 Å². The average molecular weight is 420 g/mol. The summed E-state index contributed by atoms with van der Waals surface area (Å²) < 4.78 is 16.5. The SMILES string of the molecule is CCOc1ccc(Oc2ccc(NC(=O)C3CC(=O)N(Cc4ccco4)C3)cc2)cc1. The first-order valence-corrected chi connectivity index (χ1v) is 10.2. The monoisotopic (exact) mass is 420 g/mol. The van der Waals surface area contributed by atoms with Crippen molar-refractivity contribution in [3.63, 3.8) is 0 Å². The number of hydrogen-bond donors (Lipinski definition) is 1. The summed E-state index contributed by atoms with van der Waals surface area (Å²) in [7, 11) is 0. The highest BCUT2D eigenvalue weighted by molar-refractivity contribution is 5.97. The number of amides is 2. The second kappa shape index (κ2) is 9.38. The van der Waals surface area contributed by atoms with Gasteiger partial charge in [-0.05, 0) is 67.6 Å². The number of rotatable bonds is 8. The molecule has 1 fully saturated rings. The van der Waals surface area contributed by atoms with Crippen molar-refractivity contribution in [2.45, 2.75) is 19.9 Å². The van der Waals surface area contributed by atoms with E-state index in [1.54, 1.807) is 41.5 Å². The van der Waals surface area contributed by atoms with E-state index < -0.39 is 0 Å². The Labute approximate surface area is 180 Å². The molecule has 0 aliphatic carbocycles. The third kappa shape index (κ3) is 5.25. The average Bonchev–Trinajstić information content (AvgIpc) is 3.41. The van der Waals surface area contributed by atoms with Crippen molar-refractivity contribution in [2.24, 2.45) is 5.92 Å². The van der Waals surface area contributed by atoms with E-state index in [0.29, 0.717) is 42.6 Å². The molecule has 1 unspecified atom stereocenters. The number of nitrogens with one attached hydrogen (secondary N) is 1. The molecule has 2 amide bonds. The van der Waals surface area contributed by atoms with Gasteiger partial charge in [0.05, 0.1) is 25.3 Å². The van der Waals surface area contributed by atoms with Crippen LogP contribution in [0.5, 0.6) is 17.2 Å². The molecule has 0 saturated carbocycles. The summed E-state index contributed by atoms with van der Waals surface area (Å²) in [6, 6.07) is 18.1. The highest BCUT2D eigenvalue weighted by Gasteiger charge is 2.34. The zero-order chi connectivity index (χ0) is 21.6. The fourth-order valence-electron chi connectivity index (χ4n) is 3.45. The topological polar surface area (TPSA) is 81.0 Å². The number of furan rings is 1. The minimum atomic E-state index is -0.387. The van der Waals surface area contributed by atoms with Crippen LogP contribution in [0.15, 0.2) is 71.3 Å².